The first-order valence-corrected chi connectivity index (χ1v) is 10.3. The number of anilines is 2. The van der Waals surface area contributed by atoms with Crippen LogP contribution in [0.25, 0.3) is 0 Å². The maximum Gasteiger partial charge on any atom is 0.231 e. The monoisotopic (exact) mass is 410 g/mol. The third-order valence-corrected chi connectivity index (χ3v) is 5.91. The molecule has 31 heavy (non-hydrogen) atoms. The topological polar surface area (TPSA) is 104 Å². The van der Waals surface area contributed by atoms with E-state index in [9.17, 15) is 5.26 Å². The predicted octanol–water partition coefficient (Wildman–Crippen LogP) is 4.77. The summed E-state index contributed by atoms with van der Waals surface area (Å²) in [7, 11) is 0. The Labute approximate surface area is 180 Å². The van der Waals surface area contributed by atoms with E-state index >= 15 is 0 Å². The highest BCUT2D eigenvalue weighted by Gasteiger charge is 2.21. The molecule has 6 heteroatoms. The van der Waals surface area contributed by atoms with Crippen LogP contribution < -0.4 is 20.5 Å². The van der Waals surface area contributed by atoms with Gasteiger partial charge in [-0.2, -0.15) is 5.26 Å². The summed E-state index contributed by atoms with van der Waals surface area (Å²) in [5.74, 6) is 1.33. The summed E-state index contributed by atoms with van der Waals surface area (Å²) in [5, 5.41) is 21.5. The summed E-state index contributed by atoms with van der Waals surface area (Å²) in [6.07, 6.45) is 3.07. The Bertz CT molecular complexity index is 1230. The number of rotatable bonds is 4. The first-order chi connectivity index (χ1) is 15.1. The molecule has 0 saturated carbocycles. The highest BCUT2D eigenvalue weighted by molar-refractivity contribution is 6.14. The predicted molar refractivity (Wildman–Crippen MR) is 120 cm³/mol. The number of nitrogen functional groups attached to an aromatic ring is 1. The molecule has 5 rings (SSSR count). The molecule has 3 aromatic rings. The standard InChI is InChI=1S/C25H22N4O2/c26-13-15-4-7-19-16(10-15)2-1-3-22(19)29-18-6-8-21(27)20(12-18)25(28)17-5-9-23-24(11-17)31-14-30-23/h4-12,22,28-29H,1-3,14,27H2. The molecule has 154 valence electrons. The van der Waals surface area contributed by atoms with Crippen LogP contribution in [-0.4, -0.2) is 12.5 Å². The molecule has 0 spiro atoms. The van der Waals surface area contributed by atoms with Gasteiger partial charge in [0, 0.05) is 22.5 Å². The number of nitrogens with two attached hydrogens (primary N) is 1. The summed E-state index contributed by atoms with van der Waals surface area (Å²) in [6, 6.07) is 19.5. The van der Waals surface area contributed by atoms with Crippen LogP contribution in [0.3, 0.4) is 0 Å². The number of nitrogens with one attached hydrogen (secondary N) is 2. The molecular formula is C25H22N4O2. The second-order valence-electron chi connectivity index (χ2n) is 7.86. The van der Waals surface area contributed by atoms with Crippen molar-refractivity contribution >= 4 is 17.1 Å². The molecule has 4 N–H and O–H groups in total. The number of hydrogen-bond donors (Lipinski definition) is 3. The molecule has 1 atom stereocenters. The maximum atomic E-state index is 9.18. The van der Waals surface area contributed by atoms with Crippen molar-refractivity contribution in [3.05, 3.63) is 82.4 Å². The van der Waals surface area contributed by atoms with Gasteiger partial charge >= 0.3 is 0 Å². The second kappa shape index (κ2) is 7.69. The zero-order valence-corrected chi connectivity index (χ0v) is 16.9. The first-order valence-electron chi connectivity index (χ1n) is 10.3. The summed E-state index contributed by atoms with van der Waals surface area (Å²) >= 11 is 0. The lowest BCUT2D eigenvalue weighted by molar-refractivity contribution is 0.174. The van der Waals surface area contributed by atoms with Gasteiger partial charge in [0.25, 0.3) is 0 Å². The first kappa shape index (κ1) is 19.0. The molecule has 1 aliphatic carbocycles. The van der Waals surface area contributed by atoms with Gasteiger partial charge in [0.1, 0.15) is 0 Å². The molecular weight excluding hydrogens is 388 g/mol. The van der Waals surface area contributed by atoms with Gasteiger partial charge < -0.3 is 20.5 Å². The molecule has 6 nitrogen and oxygen atoms in total. The zero-order valence-electron chi connectivity index (χ0n) is 16.9. The average Bonchev–Trinajstić information content (AvgIpc) is 3.27. The molecule has 0 aromatic heterocycles. The van der Waals surface area contributed by atoms with E-state index in [0.29, 0.717) is 34.0 Å². The van der Waals surface area contributed by atoms with Crippen LogP contribution in [0.2, 0.25) is 0 Å². The Balaban J connectivity index is 1.42. The second-order valence-corrected chi connectivity index (χ2v) is 7.86. The number of hydrogen-bond acceptors (Lipinski definition) is 6. The van der Waals surface area contributed by atoms with Crippen LogP contribution in [0, 0.1) is 16.7 Å². The number of fused-ring (bicyclic) bond motifs is 2. The lowest BCUT2D eigenvalue weighted by Crippen LogP contribution is -2.18. The highest BCUT2D eigenvalue weighted by Crippen LogP contribution is 2.35. The lowest BCUT2D eigenvalue weighted by atomic mass is 9.86. The van der Waals surface area contributed by atoms with E-state index in [1.807, 2.05) is 48.5 Å². The third kappa shape index (κ3) is 3.55. The Morgan fingerprint density at radius 1 is 1.06 bits per heavy atom. The van der Waals surface area contributed by atoms with Gasteiger partial charge in [-0.25, -0.2) is 0 Å². The third-order valence-electron chi connectivity index (χ3n) is 5.91. The minimum absolute atomic E-state index is 0.160. The zero-order chi connectivity index (χ0) is 21.4. The van der Waals surface area contributed by atoms with E-state index in [1.54, 1.807) is 0 Å². The van der Waals surface area contributed by atoms with Gasteiger partial charge in [0.05, 0.1) is 23.4 Å². The van der Waals surface area contributed by atoms with Crippen LogP contribution >= 0.6 is 0 Å². The quantitative estimate of drug-likeness (QED) is 0.424. The van der Waals surface area contributed by atoms with E-state index < -0.39 is 0 Å². The number of aryl methyl sites for hydroxylation is 1. The molecule has 2 aliphatic rings. The molecule has 3 aromatic carbocycles. The van der Waals surface area contributed by atoms with Crippen molar-refractivity contribution in [1.29, 1.82) is 10.7 Å². The Kier molecular flexibility index (Phi) is 4.72. The van der Waals surface area contributed by atoms with Crippen molar-refractivity contribution in [2.75, 3.05) is 17.8 Å². The summed E-state index contributed by atoms with van der Waals surface area (Å²) in [4.78, 5) is 0. The van der Waals surface area contributed by atoms with E-state index in [0.717, 1.165) is 30.5 Å². The summed E-state index contributed by atoms with van der Waals surface area (Å²) in [6.45, 7) is 0.201. The molecule has 0 saturated heterocycles. The van der Waals surface area contributed by atoms with Gasteiger partial charge in [-0.3, -0.25) is 5.41 Å². The average molecular weight is 410 g/mol. The van der Waals surface area contributed by atoms with Crippen LogP contribution in [0.5, 0.6) is 11.5 Å². The van der Waals surface area contributed by atoms with Crippen LogP contribution in [0.15, 0.2) is 54.6 Å². The fraction of sp³-hybridized carbons (Fsp3) is 0.200. The molecule has 1 heterocycles. The number of benzene rings is 3. The van der Waals surface area contributed by atoms with E-state index in [4.69, 9.17) is 20.6 Å². The van der Waals surface area contributed by atoms with E-state index in [2.05, 4.69) is 17.5 Å². The Morgan fingerprint density at radius 2 is 1.94 bits per heavy atom. The lowest BCUT2D eigenvalue weighted by Gasteiger charge is -2.27. The number of nitriles is 1. The fourth-order valence-corrected chi connectivity index (χ4v) is 4.31. The maximum absolute atomic E-state index is 9.18. The molecule has 1 aliphatic heterocycles. The van der Waals surface area contributed by atoms with Crippen molar-refractivity contribution in [3.8, 4) is 17.6 Å². The summed E-state index contributed by atoms with van der Waals surface area (Å²) in [5.41, 5.74) is 12.6. The molecule has 0 fully saturated rings. The Morgan fingerprint density at radius 3 is 2.81 bits per heavy atom. The molecule has 0 radical (unpaired) electrons. The van der Waals surface area contributed by atoms with Gasteiger partial charge in [-0.1, -0.05) is 6.07 Å². The van der Waals surface area contributed by atoms with Crippen molar-refractivity contribution in [1.82, 2.24) is 0 Å². The van der Waals surface area contributed by atoms with Gasteiger partial charge in [0.2, 0.25) is 6.79 Å². The van der Waals surface area contributed by atoms with E-state index in [-0.39, 0.29) is 12.8 Å². The van der Waals surface area contributed by atoms with Crippen LogP contribution in [0.1, 0.15) is 46.7 Å². The van der Waals surface area contributed by atoms with E-state index in [1.165, 1.54) is 11.1 Å². The van der Waals surface area contributed by atoms with Crippen molar-refractivity contribution in [2.45, 2.75) is 25.3 Å². The fourth-order valence-electron chi connectivity index (χ4n) is 4.31. The van der Waals surface area contributed by atoms with Crippen molar-refractivity contribution < 1.29 is 9.47 Å². The highest BCUT2D eigenvalue weighted by atomic mass is 16.7. The smallest absolute Gasteiger partial charge is 0.231 e. The van der Waals surface area contributed by atoms with Gasteiger partial charge in [-0.15, -0.1) is 0 Å². The largest absolute Gasteiger partial charge is 0.454 e. The normalized spacial score (nSPS) is 16.3. The van der Waals surface area contributed by atoms with Crippen molar-refractivity contribution in [2.24, 2.45) is 0 Å². The Hall–Kier alpha value is -3.98. The minimum Gasteiger partial charge on any atom is -0.454 e. The van der Waals surface area contributed by atoms with Crippen LogP contribution in [0.4, 0.5) is 11.4 Å². The summed E-state index contributed by atoms with van der Waals surface area (Å²) < 4.78 is 10.8. The van der Waals surface area contributed by atoms with Crippen molar-refractivity contribution in [3.63, 3.8) is 0 Å². The molecule has 0 amide bonds. The number of ether oxygens (including phenoxy) is 2. The minimum atomic E-state index is 0.160. The molecule has 1 unspecified atom stereocenters. The van der Waals surface area contributed by atoms with Gasteiger partial charge in [0.15, 0.2) is 11.5 Å². The SMILES string of the molecule is N#Cc1ccc2c(c1)CCCC2Nc1ccc(N)c(C(=N)c2ccc3c(c2)OCO3)c1. The van der Waals surface area contributed by atoms with Gasteiger partial charge in [-0.05, 0) is 78.9 Å². The number of nitrogens with zero attached hydrogens (tertiary/aromatic N) is 1. The molecule has 0 bridgehead atoms. The van der Waals surface area contributed by atoms with Crippen LogP contribution in [-0.2, 0) is 6.42 Å².